The van der Waals surface area contributed by atoms with Crippen LogP contribution < -0.4 is 0 Å². The summed E-state index contributed by atoms with van der Waals surface area (Å²) in [5.74, 6) is 0. The van der Waals surface area contributed by atoms with Gasteiger partial charge in [-0.1, -0.05) is 85.0 Å². The first-order valence-corrected chi connectivity index (χ1v) is 9.32. The lowest BCUT2D eigenvalue weighted by molar-refractivity contribution is 0.00119. The van der Waals surface area contributed by atoms with Crippen LogP contribution in [0.15, 0.2) is 72.8 Å². The van der Waals surface area contributed by atoms with E-state index >= 15 is 0 Å². The van der Waals surface area contributed by atoms with E-state index in [1.54, 1.807) is 0 Å². The lowest BCUT2D eigenvalue weighted by Gasteiger charge is -2.18. The number of benzene rings is 2. The molecule has 2 aromatic rings. The summed E-state index contributed by atoms with van der Waals surface area (Å²) >= 11 is 0. The van der Waals surface area contributed by atoms with Gasteiger partial charge in [0.15, 0.2) is 0 Å². The third kappa shape index (κ3) is 8.51. The molecule has 0 aliphatic heterocycles. The van der Waals surface area contributed by atoms with Crippen molar-refractivity contribution < 1.29 is 4.74 Å². The summed E-state index contributed by atoms with van der Waals surface area (Å²) in [6.45, 7) is 4.35. The summed E-state index contributed by atoms with van der Waals surface area (Å²) in [5, 5.41) is 0. The third-order valence-corrected chi connectivity index (χ3v) is 4.16. The summed E-state index contributed by atoms with van der Waals surface area (Å²) in [5.41, 5.74) is 2.52. The van der Waals surface area contributed by atoms with Crippen molar-refractivity contribution in [2.24, 2.45) is 0 Å². The molecule has 132 valence electrons. The van der Waals surface area contributed by atoms with E-state index < -0.39 is 0 Å². The zero-order valence-electron chi connectivity index (χ0n) is 15.5. The van der Waals surface area contributed by atoms with E-state index in [0.717, 1.165) is 25.7 Å². The van der Waals surface area contributed by atoms with Gasteiger partial charge in [0.25, 0.3) is 0 Å². The molecule has 0 aliphatic rings. The highest BCUT2D eigenvalue weighted by molar-refractivity contribution is 5.49. The van der Waals surface area contributed by atoms with Crippen LogP contribution in [-0.2, 0) is 4.74 Å². The van der Waals surface area contributed by atoms with E-state index in [2.05, 4.69) is 86.7 Å². The van der Waals surface area contributed by atoms with Gasteiger partial charge in [-0.2, -0.15) is 0 Å². The van der Waals surface area contributed by atoms with Crippen molar-refractivity contribution in [2.75, 3.05) is 0 Å². The van der Waals surface area contributed by atoms with Crippen molar-refractivity contribution in [3.8, 4) is 0 Å². The second kappa shape index (κ2) is 11.4. The third-order valence-electron chi connectivity index (χ3n) is 4.16. The quantitative estimate of drug-likeness (QED) is 0.466. The van der Waals surface area contributed by atoms with Gasteiger partial charge in [-0.15, -0.1) is 0 Å². The van der Waals surface area contributed by atoms with Crippen molar-refractivity contribution in [3.63, 3.8) is 0 Å². The number of hydrogen-bond donors (Lipinski definition) is 0. The SMILES string of the molecule is CC(CCC=Cc1ccccc1)OC(C)CCC=Cc1ccccc1. The van der Waals surface area contributed by atoms with Crippen molar-refractivity contribution in [1.29, 1.82) is 0 Å². The van der Waals surface area contributed by atoms with Crippen molar-refractivity contribution in [2.45, 2.75) is 51.7 Å². The Morgan fingerprint density at radius 3 is 1.48 bits per heavy atom. The van der Waals surface area contributed by atoms with Gasteiger partial charge in [-0.05, 0) is 50.7 Å². The first-order valence-electron chi connectivity index (χ1n) is 9.32. The molecule has 0 radical (unpaired) electrons. The normalized spacial score (nSPS) is 14.2. The fraction of sp³-hybridized carbons (Fsp3) is 0.333. The van der Waals surface area contributed by atoms with Crippen LogP contribution in [0.1, 0.15) is 50.7 Å². The largest absolute Gasteiger partial charge is 0.376 e. The van der Waals surface area contributed by atoms with Gasteiger partial charge >= 0.3 is 0 Å². The molecule has 0 spiro atoms. The summed E-state index contributed by atoms with van der Waals surface area (Å²) < 4.78 is 6.09. The minimum absolute atomic E-state index is 0.300. The van der Waals surface area contributed by atoms with Gasteiger partial charge in [0.05, 0.1) is 12.2 Å². The van der Waals surface area contributed by atoms with Crippen LogP contribution in [0.4, 0.5) is 0 Å². The average Bonchev–Trinajstić information content (AvgIpc) is 2.64. The van der Waals surface area contributed by atoms with E-state index in [1.165, 1.54) is 11.1 Å². The maximum atomic E-state index is 6.09. The number of hydrogen-bond acceptors (Lipinski definition) is 1. The molecule has 2 aromatic carbocycles. The second-order valence-corrected chi connectivity index (χ2v) is 6.54. The molecule has 2 unspecified atom stereocenters. The zero-order chi connectivity index (χ0) is 17.7. The molecule has 0 bridgehead atoms. The fourth-order valence-electron chi connectivity index (χ4n) is 2.76. The molecule has 0 heterocycles. The lowest BCUT2D eigenvalue weighted by atomic mass is 10.1. The van der Waals surface area contributed by atoms with Crippen LogP contribution in [0.2, 0.25) is 0 Å². The Morgan fingerprint density at radius 2 is 1.08 bits per heavy atom. The smallest absolute Gasteiger partial charge is 0.0553 e. The molecule has 2 rings (SSSR count). The van der Waals surface area contributed by atoms with Crippen molar-refractivity contribution >= 4 is 12.2 Å². The predicted octanol–water partition coefficient (Wildman–Crippen LogP) is 6.77. The Bertz CT molecular complexity index is 570. The van der Waals surface area contributed by atoms with Gasteiger partial charge < -0.3 is 4.74 Å². The molecule has 0 saturated heterocycles. The molecular weight excluding hydrogens is 304 g/mol. The Kier molecular flexibility index (Phi) is 8.79. The summed E-state index contributed by atoms with van der Waals surface area (Å²) in [6, 6.07) is 20.9. The number of allylic oxidation sites excluding steroid dienone is 2. The van der Waals surface area contributed by atoms with Crippen molar-refractivity contribution in [1.82, 2.24) is 0 Å². The second-order valence-electron chi connectivity index (χ2n) is 6.54. The maximum Gasteiger partial charge on any atom is 0.0553 e. The van der Waals surface area contributed by atoms with E-state index in [9.17, 15) is 0 Å². The average molecular weight is 335 g/mol. The minimum atomic E-state index is 0.300. The molecule has 0 aliphatic carbocycles. The van der Waals surface area contributed by atoms with Gasteiger partial charge in [-0.25, -0.2) is 0 Å². The van der Waals surface area contributed by atoms with E-state index in [0.29, 0.717) is 12.2 Å². The highest BCUT2D eigenvalue weighted by Crippen LogP contribution is 2.12. The number of rotatable bonds is 10. The highest BCUT2D eigenvalue weighted by atomic mass is 16.5. The minimum Gasteiger partial charge on any atom is -0.376 e. The topological polar surface area (TPSA) is 9.23 Å². The van der Waals surface area contributed by atoms with Gasteiger partial charge in [0.2, 0.25) is 0 Å². The van der Waals surface area contributed by atoms with Crippen LogP contribution in [0, 0.1) is 0 Å². The predicted molar refractivity (Wildman–Crippen MR) is 109 cm³/mol. The van der Waals surface area contributed by atoms with Crippen molar-refractivity contribution in [3.05, 3.63) is 83.9 Å². The van der Waals surface area contributed by atoms with Gasteiger partial charge in [-0.3, -0.25) is 0 Å². The highest BCUT2D eigenvalue weighted by Gasteiger charge is 2.07. The summed E-state index contributed by atoms with van der Waals surface area (Å²) in [6.07, 6.45) is 13.7. The van der Waals surface area contributed by atoms with Crippen LogP contribution >= 0.6 is 0 Å². The molecular formula is C24H30O. The standard InChI is InChI=1S/C24H30O/c1-21(13-9-11-19-23-15-5-3-6-16-23)25-22(2)14-10-12-20-24-17-7-4-8-18-24/h3-8,11-12,15-22H,9-10,13-14H2,1-2H3. The van der Waals surface area contributed by atoms with E-state index in [-0.39, 0.29) is 0 Å². The van der Waals surface area contributed by atoms with Crippen LogP contribution in [-0.4, -0.2) is 12.2 Å². The molecule has 0 saturated carbocycles. The molecule has 25 heavy (non-hydrogen) atoms. The maximum absolute atomic E-state index is 6.09. The molecule has 1 nitrogen and oxygen atoms in total. The molecule has 0 N–H and O–H groups in total. The van der Waals surface area contributed by atoms with Crippen LogP contribution in [0.5, 0.6) is 0 Å². The molecule has 0 fully saturated rings. The summed E-state index contributed by atoms with van der Waals surface area (Å²) in [4.78, 5) is 0. The summed E-state index contributed by atoms with van der Waals surface area (Å²) in [7, 11) is 0. The molecule has 2 atom stereocenters. The van der Waals surface area contributed by atoms with Gasteiger partial charge in [0, 0.05) is 0 Å². The Labute approximate surface area is 153 Å². The van der Waals surface area contributed by atoms with Crippen LogP contribution in [0.3, 0.4) is 0 Å². The Hall–Kier alpha value is -2.12. The molecule has 0 amide bonds. The monoisotopic (exact) mass is 334 g/mol. The molecule has 0 aromatic heterocycles. The van der Waals surface area contributed by atoms with E-state index in [4.69, 9.17) is 4.74 Å². The Morgan fingerprint density at radius 1 is 0.680 bits per heavy atom. The first-order chi connectivity index (χ1) is 12.2. The van der Waals surface area contributed by atoms with Gasteiger partial charge in [0.1, 0.15) is 0 Å². The lowest BCUT2D eigenvalue weighted by Crippen LogP contribution is -2.16. The van der Waals surface area contributed by atoms with Crippen LogP contribution in [0.25, 0.3) is 12.2 Å². The van der Waals surface area contributed by atoms with E-state index in [1.807, 2.05) is 12.1 Å². The fourth-order valence-corrected chi connectivity index (χ4v) is 2.76. The molecule has 1 heteroatoms. The number of ether oxygens (including phenoxy) is 1. The first kappa shape index (κ1) is 19.2. The zero-order valence-corrected chi connectivity index (χ0v) is 15.5. The Balaban J connectivity index is 1.59.